The molecule has 3 rings (SSSR count). The fourth-order valence-corrected chi connectivity index (χ4v) is 1.95. The van der Waals surface area contributed by atoms with Crippen molar-refractivity contribution in [3.8, 4) is 17.6 Å². The van der Waals surface area contributed by atoms with Gasteiger partial charge in [0.2, 0.25) is 0 Å². The van der Waals surface area contributed by atoms with Gasteiger partial charge in [-0.1, -0.05) is 6.07 Å². The number of hydrogen-bond donors (Lipinski definition) is 0. The number of nitriles is 1. The molecule has 1 spiro atoms. The molecule has 0 bridgehead atoms. The van der Waals surface area contributed by atoms with E-state index >= 15 is 0 Å². The van der Waals surface area contributed by atoms with Crippen LogP contribution in [0.25, 0.3) is 0 Å². The Bertz CT molecular complexity index is 457. The molecule has 16 heavy (non-hydrogen) atoms. The van der Waals surface area contributed by atoms with Crippen molar-refractivity contribution in [2.24, 2.45) is 5.41 Å². The van der Waals surface area contributed by atoms with E-state index in [9.17, 15) is 0 Å². The third-order valence-electron chi connectivity index (χ3n) is 3.32. The van der Waals surface area contributed by atoms with E-state index in [1.165, 1.54) is 12.8 Å². The van der Waals surface area contributed by atoms with Crippen molar-refractivity contribution in [3.63, 3.8) is 0 Å². The van der Waals surface area contributed by atoms with Gasteiger partial charge in [-0.3, -0.25) is 0 Å². The molecule has 1 heterocycles. The lowest BCUT2D eigenvalue weighted by molar-refractivity contribution is 0.197. The minimum absolute atomic E-state index is 0.272. The van der Waals surface area contributed by atoms with Crippen LogP contribution >= 0.6 is 0 Å². The van der Waals surface area contributed by atoms with Crippen LogP contribution in [0, 0.1) is 16.7 Å². The van der Waals surface area contributed by atoms with E-state index in [4.69, 9.17) is 14.7 Å². The molecule has 0 atom stereocenters. The minimum atomic E-state index is 0.272. The lowest BCUT2D eigenvalue weighted by atomic mass is 10.1. The molecule has 0 radical (unpaired) electrons. The van der Waals surface area contributed by atoms with Crippen LogP contribution < -0.4 is 9.47 Å². The van der Waals surface area contributed by atoms with Crippen LogP contribution in [-0.4, -0.2) is 13.2 Å². The number of hydrogen-bond acceptors (Lipinski definition) is 3. The van der Waals surface area contributed by atoms with E-state index in [1.807, 2.05) is 18.2 Å². The Kier molecular flexibility index (Phi) is 2.03. The smallest absolute Gasteiger partial charge is 0.161 e. The quantitative estimate of drug-likeness (QED) is 0.721. The predicted octanol–water partition coefficient (Wildman–Crippen LogP) is 2.30. The molecule has 3 nitrogen and oxygen atoms in total. The average molecular weight is 215 g/mol. The minimum Gasteiger partial charge on any atom is -0.489 e. The third kappa shape index (κ3) is 1.61. The highest BCUT2D eigenvalue weighted by Gasteiger charge is 2.46. The summed E-state index contributed by atoms with van der Waals surface area (Å²) in [6, 6.07) is 7.89. The zero-order chi connectivity index (χ0) is 11.0. The topological polar surface area (TPSA) is 42.2 Å². The fraction of sp³-hybridized carbons (Fsp3) is 0.462. The van der Waals surface area contributed by atoms with Gasteiger partial charge in [0.05, 0.1) is 25.7 Å². The Morgan fingerprint density at radius 1 is 1.19 bits per heavy atom. The summed E-state index contributed by atoms with van der Waals surface area (Å²) in [4.78, 5) is 0. The molecule has 82 valence electrons. The van der Waals surface area contributed by atoms with Crippen molar-refractivity contribution in [2.45, 2.75) is 19.3 Å². The Labute approximate surface area is 94.6 Å². The Morgan fingerprint density at radius 2 is 1.94 bits per heavy atom. The largest absolute Gasteiger partial charge is 0.489 e. The van der Waals surface area contributed by atoms with Gasteiger partial charge in [0.25, 0.3) is 0 Å². The van der Waals surface area contributed by atoms with Crippen LogP contribution in [0.1, 0.15) is 18.4 Å². The second-order valence-corrected chi connectivity index (χ2v) is 4.69. The second-order valence-electron chi connectivity index (χ2n) is 4.69. The summed E-state index contributed by atoms with van der Waals surface area (Å²) in [6.45, 7) is 1.51. The molecule has 0 unspecified atom stereocenters. The van der Waals surface area contributed by atoms with Gasteiger partial charge < -0.3 is 9.47 Å². The average Bonchev–Trinajstić information content (AvgIpc) is 3.08. The van der Waals surface area contributed by atoms with Crippen LogP contribution in [0.4, 0.5) is 0 Å². The molecule has 0 amide bonds. The molecule has 1 aliphatic carbocycles. The molecule has 1 aliphatic heterocycles. The van der Waals surface area contributed by atoms with E-state index in [0.717, 1.165) is 30.3 Å². The van der Waals surface area contributed by atoms with E-state index < -0.39 is 0 Å². The summed E-state index contributed by atoms with van der Waals surface area (Å²) in [7, 11) is 0. The van der Waals surface area contributed by atoms with E-state index in [0.29, 0.717) is 6.42 Å². The summed E-state index contributed by atoms with van der Waals surface area (Å²) < 4.78 is 11.5. The Hall–Kier alpha value is -1.69. The van der Waals surface area contributed by atoms with Gasteiger partial charge in [-0.2, -0.15) is 5.26 Å². The van der Waals surface area contributed by atoms with E-state index in [1.54, 1.807) is 0 Å². The number of benzene rings is 1. The molecule has 0 N–H and O–H groups in total. The summed E-state index contributed by atoms with van der Waals surface area (Å²) >= 11 is 0. The van der Waals surface area contributed by atoms with Crippen molar-refractivity contribution in [3.05, 3.63) is 23.8 Å². The van der Waals surface area contributed by atoms with Crippen molar-refractivity contribution in [2.75, 3.05) is 13.2 Å². The van der Waals surface area contributed by atoms with Crippen LogP contribution in [-0.2, 0) is 6.42 Å². The van der Waals surface area contributed by atoms with Crippen LogP contribution in [0.15, 0.2) is 18.2 Å². The molecule has 0 aromatic heterocycles. The summed E-state index contributed by atoms with van der Waals surface area (Å²) in [5.41, 5.74) is 1.26. The maximum atomic E-state index is 8.65. The van der Waals surface area contributed by atoms with Crippen molar-refractivity contribution < 1.29 is 9.47 Å². The highest BCUT2D eigenvalue weighted by molar-refractivity contribution is 5.44. The first-order chi connectivity index (χ1) is 7.81. The van der Waals surface area contributed by atoms with E-state index in [-0.39, 0.29) is 5.41 Å². The first kappa shape index (κ1) is 9.53. The Balaban J connectivity index is 1.87. The third-order valence-corrected chi connectivity index (χ3v) is 3.32. The molecule has 1 saturated carbocycles. The van der Waals surface area contributed by atoms with Gasteiger partial charge in [-0.15, -0.1) is 0 Å². The molecule has 0 saturated heterocycles. The summed E-state index contributed by atoms with van der Waals surface area (Å²) in [6.07, 6.45) is 2.82. The summed E-state index contributed by atoms with van der Waals surface area (Å²) in [5, 5.41) is 8.65. The second kappa shape index (κ2) is 3.41. The number of nitrogens with zero attached hydrogens (tertiary/aromatic N) is 1. The maximum absolute atomic E-state index is 8.65. The first-order valence-corrected chi connectivity index (χ1v) is 5.57. The molecule has 1 fully saturated rings. The zero-order valence-corrected chi connectivity index (χ0v) is 9.03. The standard InChI is InChI=1S/C13H13NO2/c14-6-3-10-1-2-11-12(7-10)16-9-13(4-5-13)8-15-11/h1-2,7H,3-5,8-9H2. The highest BCUT2D eigenvalue weighted by atomic mass is 16.5. The molecular formula is C13H13NO2. The molecule has 2 aliphatic rings. The zero-order valence-electron chi connectivity index (χ0n) is 9.03. The van der Waals surface area contributed by atoms with Crippen LogP contribution in [0.3, 0.4) is 0 Å². The summed E-state index contributed by atoms with van der Waals surface area (Å²) in [5.74, 6) is 1.60. The lowest BCUT2D eigenvalue weighted by Gasteiger charge is -2.08. The maximum Gasteiger partial charge on any atom is 0.161 e. The Morgan fingerprint density at radius 3 is 2.62 bits per heavy atom. The highest BCUT2D eigenvalue weighted by Crippen LogP contribution is 2.49. The predicted molar refractivity (Wildman–Crippen MR) is 58.4 cm³/mol. The number of rotatable bonds is 1. The van der Waals surface area contributed by atoms with Crippen LogP contribution in [0.5, 0.6) is 11.5 Å². The van der Waals surface area contributed by atoms with Crippen molar-refractivity contribution >= 4 is 0 Å². The SMILES string of the molecule is N#CCc1ccc2c(c1)OCC1(CC1)CO2. The van der Waals surface area contributed by atoms with Gasteiger partial charge >= 0.3 is 0 Å². The van der Waals surface area contributed by atoms with Gasteiger partial charge in [0.15, 0.2) is 11.5 Å². The lowest BCUT2D eigenvalue weighted by Crippen LogP contribution is -2.17. The van der Waals surface area contributed by atoms with Gasteiger partial charge in [0, 0.05) is 5.41 Å². The molecule has 1 aromatic carbocycles. The van der Waals surface area contributed by atoms with Gasteiger partial charge in [-0.05, 0) is 30.5 Å². The normalized spacial score (nSPS) is 19.9. The van der Waals surface area contributed by atoms with Crippen molar-refractivity contribution in [1.29, 1.82) is 5.26 Å². The monoisotopic (exact) mass is 215 g/mol. The molecule has 1 aromatic rings. The van der Waals surface area contributed by atoms with Crippen LogP contribution in [0.2, 0.25) is 0 Å². The number of ether oxygens (including phenoxy) is 2. The number of fused-ring (bicyclic) bond motifs is 1. The fourth-order valence-electron chi connectivity index (χ4n) is 1.95. The van der Waals surface area contributed by atoms with Gasteiger partial charge in [0.1, 0.15) is 0 Å². The van der Waals surface area contributed by atoms with Crippen molar-refractivity contribution in [1.82, 2.24) is 0 Å². The van der Waals surface area contributed by atoms with Gasteiger partial charge in [-0.25, -0.2) is 0 Å². The molecular weight excluding hydrogens is 202 g/mol. The molecule has 3 heteroatoms. The first-order valence-electron chi connectivity index (χ1n) is 5.57. The van der Waals surface area contributed by atoms with E-state index in [2.05, 4.69) is 6.07 Å².